The molecule has 5 nitrogen and oxygen atoms in total. The third-order valence-corrected chi connectivity index (χ3v) is 4.45. The molecule has 23 heavy (non-hydrogen) atoms. The molecule has 0 amide bonds. The van der Waals surface area contributed by atoms with Gasteiger partial charge in [-0.05, 0) is 51.3 Å². The second-order valence-electron chi connectivity index (χ2n) is 6.76. The van der Waals surface area contributed by atoms with Crippen LogP contribution in [0.25, 0.3) is 0 Å². The van der Waals surface area contributed by atoms with Crippen molar-refractivity contribution in [1.82, 2.24) is 19.7 Å². The van der Waals surface area contributed by atoms with Crippen molar-refractivity contribution in [1.29, 1.82) is 0 Å². The fourth-order valence-corrected chi connectivity index (χ4v) is 3.28. The number of ether oxygens (including phenoxy) is 1. The van der Waals surface area contributed by atoms with Gasteiger partial charge in [0.05, 0.1) is 13.2 Å². The summed E-state index contributed by atoms with van der Waals surface area (Å²) >= 11 is 0. The van der Waals surface area contributed by atoms with Crippen molar-refractivity contribution in [2.45, 2.75) is 39.3 Å². The van der Waals surface area contributed by atoms with Gasteiger partial charge >= 0.3 is 0 Å². The summed E-state index contributed by atoms with van der Waals surface area (Å²) in [5.74, 6) is 2.70. The van der Waals surface area contributed by atoms with Crippen LogP contribution in [0.15, 0.2) is 30.6 Å². The van der Waals surface area contributed by atoms with Gasteiger partial charge in [0, 0.05) is 12.6 Å². The van der Waals surface area contributed by atoms with Crippen LogP contribution in [0, 0.1) is 5.92 Å². The number of para-hydroxylation sites is 1. The van der Waals surface area contributed by atoms with Gasteiger partial charge in [-0.3, -0.25) is 4.90 Å². The van der Waals surface area contributed by atoms with Crippen LogP contribution in [0.2, 0.25) is 0 Å². The largest absolute Gasteiger partial charge is 0.493 e. The lowest BCUT2D eigenvalue weighted by atomic mass is 9.96. The molecule has 1 aromatic carbocycles. The first kappa shape index (κ1) is 16.0. The number of hydrogen-bond acceptors (Lipinski definition) is 4. The van der Waals surface area contributed by atoms with E-state index in [2.05, 4.69) is 58.8 Å². The first-order chi connectivity index (χ1) is 11.1. The Morgan fingerprint density at radius 2 is 2.17 bits per heavy atom. The molecular formula is C18H26N4O. The molecule has 1 aliphatic heterocycles. The van der Waals surface area contributed by atoms with E-state index in [9.17, 15) is 0 Å². The summed E-state index contributed by atoms with van der Waals surface area (Å²) in [5, 5.41) is 8.33. The zero-order chi connectivity index (χ0) is 16.2. The molecule has 1 atom stereocenters. The Balaban J connectivity index is 1.61. The molecule has 124 valence electrons. The minimum absolute atomic E-state index is 0.395. The van der Waals surface area contributed by atoms with Crippen LogP contribution >= 0.6 is 0 Å². The van der Waals surface area contributed by atoms with Gasteiger partial charge in [-0.25, -0.2) is 0 Å². The topological polar surface area (TPSA) is 43.2 Å². The normalized spacial score (nSPS) is 17.9. The van der Waals surface area contributed by atoms with Crippen LogP contribution in [0.3, 0.4) is 0 Å². The maximum Gasteiger partial charge on any atom is 0.147 e. The van der Waals surface area contributed by atoms with E-state index in [1.54, 1.807) is 0 Å². The van der Waals surface area contributed by atoms with E-state index in [-0.39, 0.29) is 0 Å². The number of hydrogen-bond donors (Lipinski definition) is 0. The lowest BCUT2D eigenvalue weighted by molar-refractivity contribution is 0.229. The first-order valence-corrected chi connectivity index (χ1v) is 8.41. The Hall–Kier alpha value is -1.88. The minimum atomic E-state index is 0.395. The summed E-state index contributed by atoms with van der Waals surface area (Å²) in [4.78, 5) is 2.35. The maximum atomic E-state index is 5.87. The average molecular weight is 314 g/mol. The van der Waals surface area contributed by atoms with Crippen molar-refractivity contribution in [2.24, 2.45) is 5.92 Å². The van der Waals surface area contributed by atoms with Gasteiger partial charge in [0.1, 0.15) is 17.9 Å². The summed E-state index contributed by atoms with van der Waals surface area (Å²) in [5.41, 5.74) is 1.33. The number of nitrogens with zero attached hydrogens (tertiary/aromatic N) is 4. The summed E-state index contributed by atoms with van der Waals surface area (Å²) in [6, 6.07) is 8.80. The van der Waals surface area contributed by atoms with Gasteiger partial charge in [-0.15, -0.1) is 10.2 Å². The molecule has 0 saturated carbocycles. The summed E-state index contributed by atoms with van der Waals surface area (Å²) in [6.07, 6.45) is 4.00. The van der Waals surface area contributed by atoms with Crippen LogP contribution < -0.4 is 4.74 Å². The minimum Gasteiger partial charge on any atom is -0.493 e. The molecule has 0 aliphatic carbocycles. The number of rotatable bonds is 5. The third kappa shape index (κ3) is 3.91. The van der Waals surface area contributed by atoms with E-state index in [1.807, 2.05) is 12.4 Å². The van der Waals surface area contributed by atoms with Gasteiger partial charge in [0.15, 0.2) is 0 Å². The molecule has 0 N–H and O–H groups in total. The van der Waals surface area contributed by atoms with Crippen molar-refractivity contribution in [3.8, 4) is 5.75 Å². The highest BCUT2D eigenvalue weighted by atomic mass is 16.5. The van der Waals surface area contributed by atoms with Gasteiger partial charge in [-0.2, -0.15) is 0 Å². The van der Waals surface area contributed by atoms with Crippen LogP contribution in [0.5, 0.6) is 5.75 Å². The lowest BCUT2D eigenvalue weighted by Gasteiger charge is -2.23. The first-order valence-electron chi connectivity index (χ1n) is 8.41. The van der Waals surface area contributed by atoms with Crippen LogP contribution in [0.1, 0.15) is 37.7 Å². The van der Waals surface area contributed by atoms with E-state index in [0.717, 1.165) is 44.1 Å². The Kier molecular flexibility index (Phi) is 4.96. The number of fused-ring (bicyclic) bond motifs is 1. The maximum absolute atomic E-state index is 5.87. The number of aromatic nitrogens is 3. The molecule has 1 aromatic heterocycles. The molecule has 0 radical (unpaired) electrons. The molecule has 2 aromatic rings. The Labute approximate surface area is 138 Å². The summed E-state index contributed by atoms with van der Waals surface area (Å²) in [6.45, 7) is 7.00. The van der Waals surface area contributed by atoms with E-state index in [1.165, 1.54) is 5.56 Å². The van der Waals surface area contributed by atoms with E-state index in [0.29, 0.717) is 12.0 Å². The molecule has 0 saturated heterocycles. The average Bonchev–Trinajstić information content (AvgIpc) is 2.87. The van der Waals surface area contributed by atoms with E-state index < -0.39 is 0 Å². The molecule has 2 heterocycles. The van der Waals surface area contributed by atoms with Gasteiger partial charge < -0.3 is 9.30 Å². The lowest BCUT2D eigenvalue weighted by Crippen LogP contribution is -2.28. The smallest absolute Gasteiger partial charge is 0.147 e. The van der Waals surface area contributed by atoms with Crippen molar-refractivity contribution in [3.05, 3.63) is 42.0 Å². The predicted molar refractivity (Wildman–Crippen MR) is 90.5 cm³/mol. The predicted octanol–water partition coefficient (Wildman–Crippen LogP) is 2.93. The molecule has 0 fully saturated rings. The standard InChI is InChI=1S/C18H26N4O/c1-14(2)22-13-19-20-18(22)12-21(3)11-15-8-9-23-17-7-5-4-6-16(17)10-15/h4-7,13-15H,8-12H2,1-3H3/t15-/m1/s1. The molecule has 3 rings (SSSR count). The summed E-state index contributed by atoms with van der Waals surface area (Å²) < 4.78 is 8.01. The Morgan fingerprint density at radius 3 is 3.00 bits per heavy atom. The van der Waals surface area contributed by atoms with Crippen molar-refractivity contribution in [3.63, 3.8) is 0 Å². The van der Waals surface area contributed by atoms with Crippen molar-refractivity contribution in [2.75, 3.05) is 20.2 Å². The van der Waals surface area contributed by atoms with E-state index >= 15 is 0 Å². The second kappa shape index (κ2) is 7.13. The van der Waals surface area contributed by atoms with E-state index in [4.69, 9.17) is 4.74 Å². The zero-order valence-electron chi connectivity index (χ0n) is 14.3. The fourth-order valence-electron chi connectivity index (χ4n) is 3.28. The zero-order valence-corrected chi connectivity index (χ0v) is 14.3. The van der Waals surface area contributed by atoms with Crippen LogP contribution in [-0.2, 0) is 13.0 Å². The SMILES string of the molecule is CC(C)n1cnnc1CN(C)C[C@@H]1CCOc2ccccc2C1. The molecule has 0 spiro atoms. The highest BCUT2D eigenvalue weighted by Crippen LogP contribution is 2.27. The highest BCUT2D eigenvalue weighted by Gasteiger charge is 2.20. The Morgan fingerprint density at radius 1 is 1.35 bits per heavy atom. The monoisotopic (exact) mass is 314 g/mol. The molecule has 1 aliphatic rings. The van der Waals surface area contributed by atoms with Gasteiger partial charge in [0.25, 0.3) is 0 Å². The molecule has 5 heteroatoms. The Bertz CT molecular complexity index is 637. The molecule has 0 bridgehead atoms. The molecular weight excluding hydrogens is 288 g/mol. The van der Waals surface area contributed by atoms with Crippen LogP contribution in [-0.4, -0.2) is 39.9 Å². The van der Waals surface area contributed by atoms with Gasteiger partial charge in [-0.1, -0.05) is 18.2 Å². The fraction of sp³-hybridized carbons (Fsp3) is 0.556. The van der Waals surface area contributed by atoms with Crippen molar-refractivity contribution >= 4 is 0 Å². The summed E-state index contributed by atoms with van der Waals surface area (Å²) in [7, 11) is 2.16. The molecule has 0 unspecified atom stereocenters. The van der Waals surface area contributed by atoms with Gasteiger partial charge in [0.2, 0.25) is 0 Å². The highest BCUT2D eigenvalue weighted by molar-refractivity contribution is 5.34. The van der Waals surface area contributed by atoms with Crippen molar-refractivity contribution < 1.29 is 4.74 Å². The number of benzene rings is 1. The van der Waals surface area contributed by atoms with Crippen LogP contribution in [0.4, 0.5) is 0 Å². The quantitative estimate of drug-likeness (QED) is 0.851. The third-order valence-electron chi connectivity index (χ3n) is 4.45. The second-order valence-corrected chi connectivity index (χ2v) is 6.76.